The fraction of sp³-hybridized carbons (Fsp3) is 0.953. The highest BCUT2D eigenvalue weighted by Gasteiger charge is 2.73. The molecule has 6 rings (SSSR count). The summed E-state index contributed by atoms with van der Waals surface area (Å²) in [5.41, 5.74) is 1.39. The third-order valence-electron chi connectivity index (χ3n) is 15.2. The molecule has 11 atom stereocenters. The quantitative estimate of drug-likeness (QED) is 0.246. The van der Waals surface area contributed by atoms with Gasteiger partial charge in [0.2, 0.25) is 5.91 Å². The van der Waals surface area contributed by atoms with Crippen LogP contribution in [0.5, 0.6) is 0 Å². The number of amides is 2. The van der Waals surface area contributed by atoms with E-state index in [1.165, 1.54) is 52.4 Å². The fourth-order valence-corrected chi connectivity index (χ4v) is 12.7. The minimum atomic E-state index is -0.596. The normalized spacial score (nSPS) is 39.1. The number of carbonyl (C=O) groups is 2. The van der Waals surface area contributed by atoms with E-state index >= 15 is 0 Å². The minimum absolute atomic E-state index is 0.0212. The largest absolute Gasteiger partial charge is 0.453 e. The van der Waals surface area contributed by atoms with Crippen molar-refractivity contribution in [2.45, 2.75) is 177 Å². The Hall–Kier alpha value is -1.38. The zero-order chi connectivity index (χ0) is 37.9. The second-order valence-electron chi connectivity index (χ2n) is 22.8. The van der Waals surface area contributed by atoms with Crippen LogP contribution in [0.2, 0.25) is 0 Å². The molecule has 3 saturated heterocycles. The summed E-state index contributed by atoms with van der Waals surface area (Å²) < 4.78 is 4.80. The highest BCUT2D eigenvalue weighted by Crippen LogP contribution is 2.68. The molecule has 3 heterocycles. The molecule has 0 aromatic carbocycles. The maximum atomic E-state index is 13.3. The van der Waals surface area contributed by atoms with E-state index in [1.54, 1.807) is 0 Å². The van der Waals surface area contributed by atoms with Gasteiger partial charge in [-0.25, -0.2) is 4.79 Å². The van der Waals surface area contributed by atoms with Gasteiger partial charge in [-0.3, -0.25) is 14.6 Å². The first-order valence-electron chi connectivity index (χ1n) is 20.8. The van der Waals surface area contributed by atoms with Crippen molar-refractivity contribution in [3.05, 3.63) is 0 Å². The molecule has 0 spiro atoms. The molecule has 51 heavy (non-hydrogen) atoms. The Morgan fingerprint density at radius 3 is 1.92 bits per heavy atom. The second-order valence-corrected chi connectivity index (χ2v) is 22.8. The van der Waals surface area contributed by atoms with Crippen LogP contribution in [0.25, 0.3) is 0 Å². The van der Waals surface area contributed by atoms with E-state index in [4.69, 9.17) is 4.74 Å². The Kier molecular flexibility index (Phi) is 9.91. The number of ether oxygens (including phenoxy) is 1. The zero-order valence-corrected chi connectivity index (χ0v) is 35.4. The van der Waals surface area contributed by atoms with E-state index in [0.29, 0.717) is 35.5 Å². The summed E-state index contributed by atoms with van der Waals surface area (Å²) in [6.07, 6.45) is 7.12. The van der Waals surface area contributed by atoms with E-state index in [1.807, 2.05) is 13.8 Å². The molecule has 2 N–H and O–H groups in total. The predicted molar refractivity (Wildman–Crippen MR) is 207 cm³/mol. The number of hydrogen-bond donors (Lipinski definition) is 2. The number of nitrogens with one attached hydrogen (secondary N) is 2. The van der Waals surface area contributed by atoms with Crippen LogP contribution < -0.4 is 10.6 Å². The lowest BCUT2D eigenvalue weighted by Gasteiger charge is -2.47. The maximum absolute atomic E-state index is 13.3. The third-order valence-corrected chi connectivity index (χ3v) is 15.2. The molecule has 8 heteroatoms. The van der Waals surface area contributed by atoms with Crippen LogP contribution in [0.15, 0.2) is 0 Å². The predicted octanol–water partition coefficient (Wildman–Crippen LogP) is 7.41. The van der Waals surface area contributed by atoms with Crippen LogP contribution >= 0.6 is 0 Å². The van der Waals surface area contributed by atoms with Crippen LogP contribution in [-0.2, 0) is 9.53 Å². The topological polar surface area (TPSA) is 77.1 Å². The van der Waals surface area contributed by atoms with Crippen molar-refractivity contribution in [1.82, 2.24) is 25.3 Å². The van der Waals surface area contributed by atoms with E-state index < -0.39 is 12.1 Å². The van der Waals surface area contributed by atoms with Gasteiger partial charge in [-0.1, -0.05) is 62.3 Å². The number of fused-ring (bicyclic) bond motifs is 3. The van der Waals surface area contributed by atoms with Gasteiger partial charge in [0, 0.05) is 72.3 Å². The summed E-state index contributed by atoms with van der Waals surface area (Å²) in [7, 11) is 1.34. The van der Waals surface area contributed by atoms with Gasteiger partial charge in [0.15, 0.2) is 0 Å². The first-order chi connectivity index (χ1) is 23.3. The molecule has 6 fully saturated rings. The van der Waals surface area contributed by atoms with Gasteiger partial charge in [-0.2, -0.15) is 0 Å². The standard InChI is InChI=1S/C43H77N5O3/c1-26(2)34(45-37(50)51-15)36(49)44-24-42-19-31(38(4,5)6)47(33(42)20-42)41(13,14)18-28-16-29-22-46(23-30(29)17-28)25-43-21-32(39(7,8)9)48(40(10,11)12)35(43)27(43)3/h26-35H,16-25H2,1-15H3,(H,44,49)(H,45,50)/t27-,28?,29-,30+,31+,32?,33?,34+,35+,42+,43+/m1/s1. The van der Waals surface area contributed by atoms with Gasteiger partial charge in [-0.05, 0) is 114 Å². The van der Waals surface area contributed by atoms with E-state index in [9.17, 15) is 9.59 Å². The highest BCUT2D eigenvalue weighted by atomic mass is 16.5. The molecule has 2 amide bonds. The average molecular weight is 712 g/mol. The molecule has 0 bridgehead atoms. The van der Waals surface area contributed by atoms with Gasteiger partial charge in [0.05, 0.1) is 7.11 Å². The molecule has 0 aromatic rings. The highest BCUT2D eigenvalue weighted by molar-refractivity contribution is 5.85. The number of methoxy groups -OCH3 is 1. The van der Waals surface area contributed by atoms with Gasteiger partial charge in [-0.15, -0.1) is 0 Å². The lowest BCUT2D eigenvalue weighted by molar-refractivity contribution is -0.124. The Bertz CT molecular complexity index is 1310. The first kappa shape index (κ1) is 39.3. The molecule has 3 unspecified atom stereocenters. The number of likely N-dealkylation sites (tertiary alicyclic amines) is 3. The maximum Gasteiger partial charge on any atom is 0.407 e. The molecule has 0 aromatic heterocycles. The van der Waals surface area contributed by atoms with Crippen LogP contribution in [0.3, 0.4) is 0 Å². The van der Waals surface area contributed by atoms with Crippen LogP contribution in [0.1, 0.15) is 135 Å². The summed E-state index contributed by atoms with van der Waals surface area (Å²) in [4.78, 5) is 34.0. The molecule has 3 saturated carbocycles. The Balaban J connectivity index is 1.06. The minimum Gasteiger partial charge on any atom is -0.453 e. The number of nitrogens with zero attached hydrogens (tertiary/aromatic N) is 3. The summed E-state index contributed by atoms with van der Waals surface area (Å²) in [6, 6.07) is 1.79. The van der Waals surface area contributed by atoms with Crippen molar-refractivity contribution in [3.8, 4) is 0 Å². The lowest BCUT2D eigenvalue weighted by Crippen LogP contribution is -2.53. The Morgan fingerprint density at radius 2 is 1.41 bits per heavy atom. The SMILES string of the molecule is COC(=O)N[C@H](C(=O)NC[C@]12CC1N(C(C)(C)CC1C[C@@H]3CN(C[C@]45CC(C(C)(C)C)N(C(C)(C)C)[C@H]4[C@H]5C)C[C@@H]3C1)[C@H](C(C)(C)C)C2)C(C)C. The number of rotatable bonds is 10. The molecular formula is C43H77N5O3. The van der Waals surface area contributed by atoms with Gasteiger partial charge >= 0.3 is 6.09 Å². The first-order valence-corrected chi connectivity index (χ1v) is 20.8. The van der Waals surface area contributed by atoms with E-state index in [2.05, 4.69) is 108 Å². The Morgan fingerprint density at radius 1 is 0.843 bits per heavy atom. The van der Waals surface area contributed by atoms with E-state index in [-0.39, 0.29) is 33.7 Å². The van der Waals surface area contributed by atoms with Crippen molar-refractivity contribution < 1.29 is 14.3 Å². The number of piperidine rings is 2. The van der Waals surface area contributed by atoms with Crippen molar-refractivity contribution >= 4 is 12.0 Å². The third kappa shape index (κ3) is 7.14. The van der Waals surface area contributed by atoms with E-state index in [0.717, 1.165) is 42.6 Å². The van der Waals surface area contributed by atoms with Gasteiger partial charge in [0.25, 0.3) is 0 Å². The summed E-state index contributed by atoms with van der Waals surface area (Å²) in [6.45, 7) is 38.0. The van der Waals surface area contributed by atoms with Crippen LogP contribution in [0, 0.1) is 51.2 Å². The zero-order valence-electron chi connectivity index (χ0n) is 35.4. The summed E-state index contributed by atoms with van der Waals surface area (Å²) in [5, 5.41) is 6.02. The lowest BCUT2D eigenvalue weighted by atomic mass is 9.78. The smallest absolute Gasteiger partial charge is 0.407 e. The molecule has 3 aliphatic heterocycles. The van der Waals surface area contributed by atoms with Crippen LogP contribution in [0.4, 0.5) is 4.79 Å². The van der Waals surface area contributed by atoms with Crippen LogP contribution in [-0.4, -0.2) is 101 Å². The monoisotopic (exact) mass is 712 g/mol. The number of carbonyl (C=O) groups excluding carboxylic acids is 2. The summed E-state index contributed by atoms with van der Waals surface area (Å²) in [5.74, 6) is 3.18. The van der Waals surface area contributed by atoms with Crippen molar-refractivity contribution in [1.29, 1.82) is 0 Å². The van der Waals surface area contributed by atoms with Crippen molar-refractivity contribution in [2.75, 3.05) is 33.3 Å². The fourth-order valence-electron chi connectivity index (χ4n) is 12.7. The second kappa shape index (κ2) is 12.9. The molecule has 8 nitrogen and oxygen atoms in total. The molecular weight excluding hydrogens is 635 g/mol. The summed E-state index contributed by atoms with van der Waals surface area (Å²) >= 11 is 0. The number of alkyl carbamates (subject to hydrolysis) is 1. The van der Waals surface area contributed by atoms with Gasteiger partial charge < -0.3 is 20.3 Å². The number of hydrogen-bond acceptors (Lipinski definition) is 6. The van der Waals surface area contributed by atoms with Gasteiger partial charge in [0.1, 0.15) is 6.04 Å². The Labute approximate surface area is 312 Å². The van der Waals surface area contributed by atoms with Crippen molar-refractivity contribution in [2.24, 2.45) is 51.2 Å². The molecule has 6 aliphatic rings. The molecule has 3 aliphatic carbocycles. The molecule has 292 valence electrons. The average Bonchev–Trinajstić information content (AvgIpc) is 3.40. The van der Waals surface area contributed by atoms with Crippen molar-refractivity contribution in [3.63, 3.8) is 0 Å². The molecule has 0 radical (unpaired) electrons.